The second-order valence-electron chi connectivity index (χ2n) is 13.2. The standard InChI is InChI=1S/C32H30F4N6O6S/c1-12-26-18-9-6-13(42(18)31(44)45)11-41(26)27-20-25(39-29(40-27)49(5)46)23(36)24(38-28(20)47-12)15-10-17(37-30(43)48-32(2,3)4)21(34)14-7-8-16(33)22(35)19(14)15/h7-8,10,12-13,18,26H,6,9,11H2,1-5H3,(H,37,43)(H,44,45). The lowest BCUT2D eigenvalue weighted by Gasteiger charge is -2.47. The number of halogens is 4. The molecule has 2 aromatic heterocycles. The smallest absolute Gasteiger partial charge is 0.412 e. The number of benzene rings is 2. The van der Waals surface area contributed by atoms with Gasteiger partial charge >= 0.3 is 17.3 Å². The van der Waals surface area contributed by atoms with E-state index in [9.17, 15) is 23.6 Å². The zero-order valence-corrected chi connectivity index (χ0v) is 27.6. The summed E-state index contributed by atoms with van der Waals surface area (Å²) in [5, 5.41) is 10.8. The number of nitrogens with zero attached hydrogens (tertiary/aromatic N) is 5. The highest BCUT2D eigenvalue weighted by Crippen LogP contribution is 2.47. The van der Waals surface area contributed by atoms with E-state index in [0.717, 1.165) is 12.1 Å². The molecule has 258 valence electrons. The highest BCUT2D eigenvalue weighted by molar-refractivity contribution is 7.90. The van der Waals surface area contributed by atoms with Crippen molar-refractivity contribution >= 4 is 56.5 Å². The van der Waals surface area contributed by atoms with Crippen LogP contribution in [-0.4, -0.2) is 84.3 Å². The summed E-state index contributed by atoms with van der Waals surface area (Å²) in [6.07, 6.45) is -0.527. The fourth-order valence-corrected chi connectivity index (χ4v) is 7.57. The van der Waals surface area contributed by atoms with Crippen molar-refractivity contribution in [2.24, 2.45) is 0 Å². The van der Waals surface area contributed by atoms with E-state index in [2.05, 4.69) is 20.3 Å². The van der Waals surface area contributed by atoms with Crippen molar-refractivity contribution in [3.05, 3.63) is 41.5 Å². The molecule has 0 radical (unpaired) electrons. The molecular weight excluding hydrogens is 672 g/mol. The minimum atomic E-state index is -1.83. The number of piperazine rings is 1. The molecule has 7 rings (SSSR count). The Morgan fingerprint density at radius 3 is 2.49 bits per heavy atom. The number of anilines is 2. The zero-order valence-electron chi connectivity index (χ0n) is 26.8. The molecule has 3 aliphatic rings. The van der Waals surface area contributed by atoms with Gasteiger partial charge in [-0.3, -0.25) is 10.2 Å². The third-order valence-electron chi connectivity index (χ3n) is 8.97. The van der Waals surface area contributed by atoms with E-state index in [-0.39, 0.29) is 28.8 Å². The summed E-state index contributed by atoms with van der Waals surface area (Å²) in [5.74, 6) is -5.25. The number of hydrogen-bond acceptors (Lipinski definition) is 9. The molecule has 5 atom stereocenters. The largest absolute Gasteiger partial charge is 0.609 e. The number of ether oxygens (including phenoxy) is 2. The summed E-state index contributed by atoms with van der Waals surface area (Å²) in [7, 11) is 0. The number of carbonyl (C=O) groups is 2. The van der Waals surface area contributed by atoms with Crippen molar-refractivity contribution in [3.8, 4) is 17.1 Å². The van der Waals surface area contributed by atoms with Crippen LogP contribution in [0.4, 0.5) is 38.7 Å². The maximum Gasteiger partial charge on any atom is 0.412 e. The predicted molar refractivity (Wildman–Crippen MR) is 170 cm³/mol. The van der Waals surface area contributed by atoms with Crippen LogP contribution in [0.15, 0.2) is 23.4 Å². The topological polar surface area (TPSA) is 153 Å². The molecule has 2 N–H and O–H groups in total. The normalized spacial score (nSPS) is 22.1. The van der Waals surface area contributed by atoms with Crippen molar-refractivity contribution in [2.45, 2.75) is 75.5 Å². The van der Waals surface area contributed by atoms with Crippen molar-refractivity contribution in [1.29, 1.82) is 0 Å². The van der Waals surface area contributed by atoms with Gasteiger partial charge in [0.25, 0.3) is 0 Å². The van der Waals surface area contributed by atoms with Crippen LogP contribution in [0.2, 0.25) is 0 Å². The molecule has 5 heterocycles. The van der Waals surface area contributed by atoms with Gasteiger partial charge in [-0.05, 0) is 58.7 Å². The Morgan fingerprint density at radius 2 is 1.82 bits per heavy atom. The minimum Gasteiger partial charge on any atom is -0.609 e. The average molecular weight is 703 g/mol. The Bertz CT molecular complexity index is 2080. The second kappa shape index (κ2) is 11.5. The number of amides is 2. The van der Waals surface area contributed by atoms with E-state index < -0.39 is 110 Å². The van der Waals surface area contributed by atoms with Crippen LogP contribution in [0.5, 0.6) is 5.88 Å². The SMILES string of the molecule is CC1Oc2nc(-c3cc(NC(=O)OC(C)(C)C)c(F)c4ccc(F)c(F)c34)c(F)c3nc([S+](C)[O-])nc(c23)N2CC3CCC(C12)N3C(=O)O. The Morgan fingerprint density at radius 1 is 1.08 bits per heavy atom. The molecule has 12 nitrogen and oxygen atoms in total. The van der Waals surface area contributed by atoms with Gasteiger partial charge in [0.05, 0.1) is 23.8 Å². The molecule has 2 bridgehead atoms. The number of rotatable bonds is 3. The van der Waals surface area contributed by atoms with Gasteiger partial charge < -0.3 is 24.0 Å². The minimum absolute atomic E-state index is 0.00171. The summed E-state index contributed by atoms with van der Waals surface area (Å²) < 4.78 is 87.3. The van der Waals surface area contributed by atoms with Crippen molar-refractivity contribution in [2.75, 3.05) is 23.0 Å². The van der Waals surface area contributed by atoms with E-state index in [0.29, 0.717) is 18.9 Å². The van der Waals surface area contributed by atoms with Crippen LogP contribution < -0.4 is 15.0 Å². The highest BCUT2D eigenvalue weighted by atomic mass is 32.2. The number of pyridine rings is 1. The van der Waals surface area contributed by atoms with Gasteiger partial charge in [-0.25, -0.2) is 32.1 Å². The van der Waals surface area contributed by atoms with Crippen LogP contribution in [0, 0.1) is 23.3 Å². The monoisotopic (exact) mass is 702 g/mol. The quantitative estimate of drug-likeness (QED) is 0.148. The lowest BCUT2D eigenvalue weighted by Crippen LogP contribution is -2.64. The molecule has 3 aliphatic heterocycles. The van der Waals surface area contributed by atoms with E-state index in [1.165, 1.54) is 11.2 Å². The van der Waals surface area contributed by atoms with E-state index in [4.69, 9.17) is 9.47 Å². The van der Waals surface area contributed by atoms with Crippen molar-refractivity contribution in [1.82, 2.24) is 19.9 Å². The third-order valence-corrected chi connectivity index (χ3v) is 9.66. The first-order valence-electron chi connectivity index (χ1n) is 15.4. The first-order chi connectivity index (χ1) is 23.1. The molecule has 49 heavy (non-hydrogen) atoms. The molecule has 4 aromatic rings. The summed E-state index contributed by atoms with van der Waals surface area (Å²) >= 11 is -1.83. The summed E-state index contributed by atoms with van der Waals surface area (Å²) in [4.78, 5) is 41.3. The summed E-state index contributed by atoms with van der Waals surface area (Å²) in [5.41, 5.74) is -3.01. The van der Waals surface area contributed by atoms with Gasteiger partial charge in [0.15, 0.2) is 29.1 Å². The Hall–Kier alpha value is -4.64. The maximum atomic E-state index is 16.9. The molecular formula is C32H30F4N6O6S. The number of carboxylic acid groups (broad SMARTS) is 1. The van der Waals surface area contributed by atoms with Crippen LogP contribution in [0.25, 0.3) is 32.9 Å². The lowest BCUT2D eigenvalue weighted by atomic mass is 9.97. The number of hydrogen-bond donors (Lipinski definition) is 2. The molecule has 0 saturated carbocycles. The van der Waals surface area contributed by atoms with Gasteiger partial charge in [-0.1, -0.05) is 0 Å². The third kappa shape index (κ3) is 5.29. The highest BCUT2D eigenvalue weighted by Gasteiger charge is 2.53. The molecule has 2 amide bonds. The Balaban J connectivity index is 1.49. The van der Waals surface area contributed by atoms with Gasteiger partial charge in [-0.15, -0.1) is 0 Å². The average Bonchev–Trinajstić information content (AvgIpc) is 3.27. The Labute approximate surface area is 279 Å². The van der Waals surface area contributed by atoms with Gasteiger partial charge in [0.2, 0.25) is 5.88 Å². The first kappa shape index (κ1) is 32.9. The van der Waals surface area contributed by atoms with Crippen molar-refractivity contribution in [3.63, 3.8) is 0 Å². The van der Waals surface area contributed by atoms with Crippen LogP contribution >= 0.6 is 0 Å². The maximum absolute atomic E-state index is 16.9. The molecule has 0 spiro atoms. The predicted octanol–water partition coefficient (Wildman–Crippen LogP) is 5.97. The van der Waals surface area contributed by atoms with Crippen molar-refractivity contribution < 1.29 is 46.3 Å². The molecule has 17 heteroatoms. The van der Waals surface area contributed by atoms with Crippen LogP contribution in [-0.2, 0) is 15.9 Å². The molecule has 2 fully saturated rings. The fraction of sp³-hybridized carbons (Fsp3) is 0.406. The first-order valence-corrected chi connectivity index (χ1v) is 16.9. The molecule has 2 aromatic carbocycles. The second-order valence-corrected chi connectivity index (χ2v) is 14.5. The molecule has 0 aliphatic carbocycles. The summed E-state index contributed by atoms with van der Waals surface area (Å²) in [6.45, 7) is 6.62. The van der Waals surface area contributed by atoms with E-state index >= 15 is 13.2 Å². The molecule has 5 unspecified atom stereocenters. The molecule has 2 saturated heterocycles. The number of aromatic nitrogens is 3. The fourth-order valence-electron chi connectivity index (χ4n) is 7.14. The van der Waals surface area contributed by atoms with Gasteiger partial charge in [0.1, 0.15) is 34.6 Å². The summed E-state index contributed by atoms with van der Waals surface area (Å²) in [6, 6.07) is 1.00. The number of nitrogens with one attached hydrogen (secondary N) is 1. The van der Waals surface area contributed by atoms with Gasteiger partial charge in [-0.2, -0.15) is 9.97 Å². The van der Waals surface area contributed by atoms with Gasteiger partial charge in [0, 0.05) is 34.1 Å². The number of fused-ring (bicyclic) bond motifs is 6. The van der Waals surface area contributed by atoms with E-state index in [1.807, 2.05) is 4.90 Å². The zero-order chi connectivity index (χ0) is 35.3. The van der Waals surface area contributed by atoms with E-state index in [1.54, 1.807) is 27.7 Å². The Kier molecular flexibility index (Phi) is 7.70. The van der Waals surface area contributed by atoms with Crippen LogP contribution in [0.1, 0.15) is 40.5 Å². The van der Waals surface area contributed by atoms with Crippen LogP contribution in [0.3, 0.4) is 0 Å². The lowest BCUT2D eigenvalue weighted by molar-refractivity contribution is 0.0633. The number of carbonyl (C=O) groups excluding carboxylic acids is 1.